The fraction of sp³-hybridized carbons (Fsp3) is 0.333. The Morgan fingerprint density at radius 3 is 2.61 bits per heavy atom. The molecule has 0 saturated carbocycles. The van der Waals surface area contributed by atoms with Crippen LogP contribution in [0.3, 0.4) is 0 Å². The molecule has 0 N–H and O–H groups in total. The second-order valence-corrected chi connectivity index (χ2v) is 5.47. The molecule has 0 atom stereocenters. The third kappa shape index (κ3) is 3.13. The summed E-state index contributed by atoms with van der Waals surface area (Å²) >= 11 is 0. The second kappa shape index (κ2) is 4.84. The summed E-state index contributed by atoms with van der Waals surface area (Å²) < 4.78 is 24.4. The first-order valence-electron chi connectivity index (χ1n) is 5.92. The van der Waals surface area contributed by atoms with Crippen LogP contribution in [0.4, 0.5) is 4.39 Å². The van der Waals surface area contributed by atoms with Crippen molar-refractivity contribution in [1.29, 1.82) is 0 Å². The van der Waals surface area contributed by atoms with Crippen LogP contribution in [0.25, 0.3) is 11.3 Å². The van der Waals surface area contributed by atoms with Crippen LogP contribution in [0.2, 0.25) is 0 Å². The lowest BCUT2D eigenvalue weighted by Crippen LogP contribution is -2.17. The van der Waals surface area contributed by atoms with E-state index in [9.17, 15) is 4.39 Å². The van der Waals surface area contributed by atoms with E-state index in [2.05, 4.69) is 20.8 Å². The van der Waals surface area contributed by atoms with E-state index in [1.165, 1.54) is 12.1 Å². The van der Waals surface area contributed by atoms with Crippen LogP contribution in [0, 0.1) is 11.2 Å². The lowest BCUT2D eigenvalue weighted by Gasteiger charge is -2.20. The molecular formula is C15H17FO2. The van der Waals surface area contributed by atoms with Gasteiger partial charge < -0.3 is 9.15 Å². The monoisotopic (exact) mass is 248 g/mol. The lowest BCUT2D eigenvalue weighted by atomic mass is 9.98. The Bertz CT molecular complexity index is 510. The van der Waals surface area contributed by atoms with Crippen LogP contribution in [-0.4, -0.2) is 6.61 Å². The predicted molar refractivity (Wildman–Crippen MR) is 69.1 cm³/mol. The highest BCUT2D eigenvalue weighted by Crippen LogP contribution is 2.32. The van der Waals surface area contributed by atoms with Gasteiger partial charge in [-0.15, -0.1) is 0 Å². The van der Waals surface area contributed by atoms with Gasteiger partial charge in [0.1, 0.15) is 17.3 Å². The summed E-state index contributed by atoms with van der Waals surface area (Å²) in [5.74, 6) is 0.948. The minimum atomic E-state index is -0.301. The number of benzene rings is 1. The Morgan fingerprint density at radius 1 is 1.22 bits per heavy atom. The minimum absolute atomic E-state index is 0.0504. The van der Waals surface area contributed by atoms with Crippen molar-refractivity contribution in [2.24, 2.45) is 5.41 Å². The number of rotatable bonds is 3. The molecule has 2 nitrogen and oxygen atoms in total. The van der Waals surface area contributed by atoms with E-state index in [-0.39, 0.29) is 11.2 Å². The van der Waals surface area contributed by atoms with Gasteiger partial charge in [0.2, 0.25) is 0 Å². The first-order chi connectivity index (χ1) is 8.46. The summed E-state index contributed by atoms with van der Waals surface area (Å²) in [7, 11) is 0. The van der Waals surface area contributed by atoms with E-state index in [4.69, 9.17) is 9.15 Å². The van der Waals surface area contributed by atoms with Crippen LogP contribution in [-0.2, 0) is 0 Å². The molecule has 0 aliphatic heterocycles. The SMILES string of the molecule is CC(C)(C)COc1ccc(F)cc1-c1ccco1. The van der Waals surface area contributed by atoms with Gasteiger partial charge in [0.25, 0.3) is 0 Å². The molecule has 0 saturated heterocycles. The van der Waals surface area contributed by atoms with Gasteiger partial charge in [-0.2, -0.15) is 0 Å². The molecule has 96 valence electrons. The average molecular weight is 248 g/mol. The number of hydrogen-bond acceptors (Lipinski definition) is 2. The Balaban J connectivity index is 2.30. The van der Waals surface area contributed by atoms with Gasteiger partial charge in [-0.1, -0.05) is 20.8 Å². The van der Waals surface area contributed by atoms with E-state index in [1.807, 2.05) is 0 Å². The van der Waals surface area contributed by atoms with Crippen LogP contribution >= 0.6 is 0 Å². The zero-order valence-electron chi connectivity index (χ0n) is 10.9. The fourth-order valence-electron chi connectivity index (χ4n) is 1.55. The molecule has 18 heavy (non-hydrogen) atoms. The Kier molecular flexibility index (Phi) is 3.41. The van der Waals surface area contributed by atoms with E-state index >= 15 is 0 Å². The molecule has 0 amide bonds. The van der Waals surface area contributed by atoms with Crippen molar-refractivity contribution in [2.45, 2.75) is 20.8 Å². The number of halogens is 1. The largest absolute Gasteiger partial charge is 0.492 e. The molecule has 1 heterocycles. The van der Waals surface area contributed by atoms with Crippen LogP contribution in [0.5, 0.6) is 5.75 Å². The van der Waals surface area contributed by atoms with Gasteiger partial charge in [-0.3, -0.25) is 0 Å². The molecular weight excluding hydrogens is 231 g/mol. The Labute approximate surface area is 106 Å². The van der Waals surface area contributed by atoms with Crippen molar-refractivity contribution in [3.8, 4) is 17.1 Å². The van der Waals surface area contributed by atoms with Crippen molar-refractivity contribution < 1.29 is 13.5 Å². The molecule has 0 aliphatic carbocycles. The van der Waals surface area contributed by atoms with E-state index in [0.717, 1.165) is 0 Å². The predicted octanol–water partition coefficient (Wildman–Crippen LogP) is 4.51. The summed E-state index contributed by atoms with van der Waals surface area (Å²) in [4.78, 5) is 0. The summed E-state index contributed by atoms with van der Waals surface area (Å²) in [6, 6.07) is 8.02. The van der Waals surface area contributed by atoms with E-state index < -0.39 is 0 Å². The smallest absolute Gasteiger partial charge is 0.137 e. The molecule has 2 aromatic rings. The third-order valence-corrected chi connectivity index (χ3v) is 2.39. The summed E-state index contributed by atoms with van der Waals surface area (Å²) in [6.07, 6.45) is 1.56. The zero-order valence-corrected chi connectivity index (χ0v) is 10.9. The standard InChI is InChI=1S/C15H17FO2/c1-15(2,3)10-18-14-7-6-11(16)9-12(14)13-5-4-8-17-13/h4-9H,10H2,1-3H3. The number of hydrogen-bond donors (Lipinski definition) is 0. The Morgan fingerprint density at radius 2 is 2.00 bits per heavy atom. The topological polar surface area (TPSA) is 22.4 Å². The lowest BCUT2D eigenvalue weighted by molar-refractivity contribution is 0.198. The molecule has 1 aromatic heterocycles. The van der Waals surface area contributed by atoms with Crippen molar-refractivity contribution in [3.63, 3.8) is 0 Å². The maximum atomic E-state index is 13.3. The van der Waals surface area contributed by atoms with Gasteiger partial charge in [-0.05, 0) is 35.7 Å². The van der Waals surface area contributed by atoms with Crippen molar-refractivity contribution in [1.82, 2.24) is 0 Å². The molecule has 2 rings (SSSR count). The van der Waals surface area contributed by atoms with E-state index in [0.29, 0.717) is 23.7 Å². The van der Waals surface area contributed by atoms with Crippen LogP contribution in [0.15, 0.2) is 41.0 Å². The van der Waals surface area contributed by atoms with Crippen LogP contribution < -0.4 is 4.74 Å². The highest BCUT2D eigenvalue weighted by Gasteiger charge is 2.15. The maximum absolute atomic E-state index is 13.3. The maximum Gasteiger partial charge on any atom is 0.137 e. The molecule has 0 aliphatic rings. The fourth-order valence-corrected chi connectivity index (χ4v) is 1.55. The highest BCUT2D eigenvalue weighted by atomic mass is 19.1. The van der Waals surface area contributed by atoms with E-state index in [1.54, 1.807) is 24.5 Å². The van der Waals surface area contributed by atoms with Crippen molar-refractivity contribution in [3.05, 3.63) is 42.4 Å². The third-order valence-electron chi connectivity index (χ3n) is 2.39. The second-order valence-electron chi connectivity index (χ2n) is 5.47. The highest BCUT2D eigenvalue weighted by molar-refractivity contribution is 5.65. The molecule has 0 radical (unpaired) electrons. The molecule has 0 fully saturated rings. The van der Waals surface area contributed by atoms with Gasteiger partial charge in [0, 0.05) is 0 Å². The number of ether oxygens (including phenoxy) is 1. The van der Waals surface area contributed by atoms with Gasteiger partial charge in [-0.25, -0.2) is 4.39 Å². The quantitative estimate of drug-likeness (QED) is 0.797. The van der Waals surface area contributed by atoms with Gasteiger partial charge in [0.05, 0.1) is 18.4 Å². The first kappa shape index (κ1) is 12.7. The molecule has 0 spiro atoms. The van der Waals surface area contributed by atoms with Crippen molar-refractivity contribution >= 4 is 0 Å². The minimum Gasteiger partial charge on any atom is -0.492 e. The molecule has 0 unspecified atom stereocenters. The normalized spacial score (nSPS) is 11.6. The average Bonchev–Trinajstić information content (AvgIpc) is 2.79. The van der Waals surface area contributed by atoms with Crippen molar-refractivity contribution in [2.75, 3.05) is 6.61 Å². The summed E-state index contributed by atoms with van der Waals surface area (Å²) in [5.41, 5.74) is 0.693. The van der Waals surface area contributed by atoms with Crippen LogP contribution in [0.1, 0.15) is 20.8 Å². The number of furan rings is 1. The zero-order chi connectivity index (χ0) is 13.2. The van der Waals surface area contributed by atoms with Gasteiger partial charge in [0.15, 0.2) is 0 Å². The molecule has 1 aromatic carbocycles. The first-order valence-corrected chi connectivity index (χ1v) is 5.92. The molecule has 3 heteroatoms. The Hall–Kier alpha value is -1.77. The summed E-state index contributed by atoms with van der Waals surface area (Å²) in [6.45, 7) is 6.82. The summed E-state index contributed by atoms with van der Waals surface area (Å²) in [5, 5.41) is 0. The molecule has 0 bridgehead atoms. The van der Waals surface area contributed by atoms with Gasteiger partial charge >= 0.3 is 0 Å².